The Bertz CT molecular complexity index is 400. The molecule has 0 bridgehead atoms. The van der Waals surface area contributed by atoms with Crippen LogP contribution in [0.15, 0.2) is 24.3 Å². The van der Waals surface area contributed by atoms with Crippen molar-refractivity contribution in [2.75, 3.05) is 24.7 Å². The molecule has 20 heavy (non-hydrogen) atoms. The van der Waals surface area contributed by atoms with Gasteiger partial charge in [-0.15, -0.1) is 0 Å². The smallest absolute Gasteiger partial charge is 0.323 e. The van der Waals surface area contributed by atoms with Crippen molar-refractivity contribution < 1.29 is 18.7 Å². The SMILES string of the molecule is CCOC(=O)C(N)CSCCCOc1ccc(F)cc1. The van der Waals surface area contributed by atoms with Crippen LogP contribution in [0, 0.1) is 5.82 Å². The molecule has 1 aromatic rings. The van der Waals surface area contributed by atoms with E-state index in [1.165, 1.54) is 12.1 Å². The molecule has 112 valence electrons. The van der Waals surface area contributed by atoms with E-state index in [1.54, 1.807) is 30.8 Å². The average molecular weight is 301 g/mol. The Morgan fingerprint density at radius 2 is 2.10 bits per heavy atom. The predicted octanol–water partition coefficient (Wildman–Crippen LogP) is 2.22. The summed E-state index contributed by atoms with van der Waals surface area (Å²) in [6, 6.07) is 5.35. The summed E-state index contributed by atoms with van der Waals surface area (Å²) in [5.41, 5.74) is 5.66. The molecule has 0 aliphatic heterocycles. The van der Waals surface area contributed by atoms with E-state index in [2.05, 4.69) is 0 Å². The molecular formula is C14H20FNO3S. The highest BCUT2D eigenvalue weighted by Gasteiger charge is 2.13. The second-order valence-corrected chi connectivity index (χ2v) is 5.24. The summed E-state index contributed by atoms with van der Waals surface area (Å²) in [5.74, 6) is 1.40. The molecule has 6 heteroatoms. The van der Waals surface area contributed by atoms with Crippen LogP contribution in [0.3, 0.4) is 0 Å². The summed E-state index contributed by atoms with van der Waals surface area (Å²) in [7, 11) is 0. The van der Waals surface area contributed by atoms with Gasteiger partial charge in [-0.3, -0.25) is 4.79 Å². The van der Waals surface area contributed by atoms with Gasteiger partial charge in [0.1, 0.15) is 17.6 Å². The monoisotopic (exact) mass is 301 g/mol. The maximum absolute atomic E-state index is 12.7. The number of thioether (sulfide) groups is 1. The van der Waals surface area contributed by atoms with E-state index in [0.29, 0.717) is 24.7 Å². The topological polar surface area (TPSA) is 61.5 Å². The fraction of sp³-hybridized carbons (Fsp3) is 0.500. The summed E-state index contributed by atoms with van der Waals surface area (Å²) in [6.45, 7) is 2.65. The number of hydrogen-bond acceptors (Lipinski definition) is 5. The molecule has 4 nitrogen and oxygen atoms in total. The Balaban J connectivity index is 2.05. The van der Waals surface area contributed by atoms with Gasteiger partial charge in [0.05, 0.1) is 13.2 Å². The van der Waals surface area contributed by atoms with Gasteiger partial charge >= 0.3 is 5.97 Å². The highest BCUT2D eigenvalue weighted by Crippen LogP contribution is 2.12. The molecule has 0 aromatic heterocycles. The quantitative estimate of drug-likeness (QED) is 0.560. The minimum atomic E-state index is -0.571. The molecular weight excluding hydrogens is 281 g/mol. The van der Waals surface area contributed by atoms with Gasteiger partial charge in [-0.25, -0.2) is 4.39 Å². The van der Waals surface area contributed by atoms with Crippen molar-refractivity contribution in [2.45, 2.75) is 19.4 Å². The van der Waals surface area contributed by atoms with Gasteiger partial charge in [0.25, 0.3) is 0 Å². The molecule has 1 atom stereocenters. The number of rotatable bonds is 9. The van der Waals surface area contributed by atoms with Crippen molar-refractivity contribution in [3.05, 3.63) is 30.1 Å². The number of benzene rings is 1. The summed E-state index contributed by atoms with van der Waals surface area (Å²) in [5, 5.41) is 0. The van der Waals surface area contributed by atoms with Gasteiger partial charge in [-0.05, 0) is 43.4 Å². The molecule has 0 aliphatic carbocycles. The second-order valence-electron chi connectivity index (χ2n) is 4.09. The van der Waals surface area contributed by atoms with Crippen LogP contribution < -0.4 is 10.5 Å². The van der Waals surface area contributed by atoms with Gasteiger partial charge in [0.15, 0.2) is 0 Å². The van der Waals surface area contributed by atoms with Crippen LogP contribution in [-0.4, -0.2) is 36.7 Å². The molecule has 0 heterocycles. The molecule has 0 spiro atoms. The number of halogens is 1. The van der Waals surface area contributed by atoms with Gasteiger partial charge in [-0.2, -0.15) is 11.8 Å². The summed E-state index contributed by atoms with van der Waals surface area (Å²) in [6.07, 6.45) is 0.831. The molecule has 0 radical (unpaired) electrons. The molecule has 2 N–H and O–H groups in total. The standard InChI is InChI=1S/C14H20FNO3S/c1-2-18-14(17)13(16)10-20-9-3-8-19-12-6-4-11(15)5-7-12/h4-7,13H,2-3,8-10,16H2,1H3. The first kappa shape index (κ1) is 16.8. The number of esters is 1. The van der Waals surface area contributed by atoms with Crippen LogP contribution in [-0.2, 0) is 9.53 Å². The fourth-order valence-corrected chi connectivity index (χ4v) is 2.29. The number of ether oxygens (including phenoxy) is 2. The molecule has 1 aromatic carbocycles. The summed E-state index contributed by atoms with van der Waals surface area (Å²) >= 11 is 1.59. The lowest BCUT2D eigenvalue weighted by Crippen LogP contribution is -2.34. The molecule has 0 saturated carbocycles. The molecule has 0 amide bonds. The lowest BCUT2D eigenvalue weighted by molar-refractivity contribution is -0.144. The second kappa shape index (κ2) is 9.61. The minimum absolute atomic E-state index is 0.277. The zero-order chi connectivity index (χ0) is 14.8. The Morgan fingerprint density at radius 3 is 2.75 bits per heavy atom. The van der Waals surface area contributed by atoms with E-state index in [9.17, 15) is 9.18 Å². The number of nitrogens with two attached hydrogens (primary N) is 1. The number of carbonyl (C=O) groups excluding carboxylic acids is 1. The van der Waals surface area contributed by atoms with Crippen LogP contribution >= 0.6 is 11.8 Å². The third kappa shape index (κ3) is 6.77. The molecule has 1 rings (SSSR count). The Hall–Kier alpha value is -1.27. The van der Waals surface area contributed by atoms with E-state index in [-0.39, 0.29) is 11.8 Å². The van der Waals surface area contributed by atoms with Crippen LogP contribution in [0.25, 0.3) is 0 Å². The number of hydrogen-bond donors (Lipinski definition) is 1. The van der Waals surface area contributed by atoms with E-state index >= 15 is 0 Å². The van der Waals surface area contributed by atoms with Gasteiger partial charge < -0.3 is 15.2 Å². The van der Waals surface area contributed by atoms with Crippen molar-refractivity contribution in [2.24, 2.45) is 5.73 Å². The zero-order valence-corrected chi connectivity index (χ0v) is 12.3. The molecule has 0 aliphatic rings. The minimum Gasteiger partial charge on any atom is -0.494 e. The average Bonchev–Trinajstić information content (AvgIpc) is 2.44. The molecule has 0 fully saturated rings. The van der Waals surface area contributed by atoms with Crippen LogP contribution in [0.2, 0.25) is 0 Å². The molecule has 0 saturated heterocycles. The van der Waals surface area contributed by atoms with Gasteiger partial charge in [-0.1, -0.05) is 0 Å². The van der Waals surface area contributed by atoms with E-state index in [1.807, 2.05) is 0 Å². The maximum Gasteiger partial charge on any atom is 0.323 e. The predicted molar refractivity (Wildman–Crippen MR) is 78.4 cm³/mol. The third-order valence-electron chi connectivity index (χ3n) is 2.40. The van der Waals surface area contributed by atoms with E-state index in [0.717, 1.165) is 12.2 Å². The lowest BCUT2D eigenvalue weighted by Gasteiger charge is -2.10. The Kier molecular flexibility index (Phi) is 8.06. The van der Waals surface area contributed by atoms with Gasteiger partial charge in [0, 0.05) is 5.75 Å². The Morgan fingerprint density at radius 1 is 1.40 bits per heavy atom. The van der Waals surface area contributed by atoms with E-state index in [4.69, 9.17) is 15.2 Å². The summed E-state index contributed by atoms with van der Waals surface area (Å²) in [4.78, 5) is 11.3. The van der Waals surface area contributed by atoms with Crippen molar-refractivity contribution in [3.63, 3.8) is 0 Å². The first-order valence-corrected chi connectivity index (χ1v) is 7.67. The van der Waals surface area contributed by atoms with Crippen LogP contribution in [0.5, 0.6) is 5.75 Å². The maximum atomic E-state index is 12.7. The van der Waals surface area contributed by atoms with Gasteiger partial charge in [0.2, 0.25) is 0 Å². The lowest BCUT2D eigenvalue weighted by atomic mass is 10.3. The highest BCUT2D eigenvalue weighted by atomic mass is 32.2. The fourth-order valence-electron chi connectivity index (χ4n) is 1.41. The van der Waals surface area contributed by atoms with Crippen molar-refractivity contribution in [1.82, 2.24) is 0 Å². The first-order valence-electron chi connectivity index (χ1n) is 6.51. The van der Waals surface area contributed by atoms with E-state index < -0.39 is 6.04 Å². The third-order valence-corrected chi connectivity index (χ3v) is 3.57. The van der Waals surface area contributed by atoms with Crippen molar-refractivity contribution in [1.29, 1.82) is 0 Å². The van der Waals surface area contributed by atoms with Crippen molar-refractivity contribution in [3.8, 4) is 5.75 Å². The largest absolute Gasteiger partial charge is 0.494 e. The zero-order valence-electron chi connectivity index (χ0n) is 11.5. The number of carbonyl (C=O) groups is 1. The normalized spacial score (nSPS) is 11.9. The van der Waals surface area contributed by atoms with Crippen molar-refractivity contribution >= 4 is 17.7 Å². The highest BCUT2D eigenvalue weighted by molar-refractivity contribution is 7.99. The molecule has 1 unspecified atom stereocenters. The van der Waals surface area contributed by atoms with Crippen LogP contribution in [0.1, 0.15) is 13.3 Å². The first-order chi connectivity index (χ1) is 9.63. The Labute approximate surface area is 122 Å². The summed E-state index contributed by atoms with van der Waals surface area (Å²) < 4.78 is 22.9. The van der Waals surface area contributed by atoms with Crippen LogP contribution in [0.4, 0.5) is 4.39 Å².